The van der Waals surface area contributed by atoms with Crippen LogP contribution in [0.25, 0.3) is 0 Å². The molecule has 3 N–H and O–H groups in total. The number of alkyl carbamates (subject to hydrolysis) is 1. The minimum Gasteiger partial charge on any atom is -0.444 e. The highest BCUT2D eigenvalue weighted by Gasteiger charge is 2.55. The lowest BCUT2D eigenvalue weighted by molar-refractivity contribution is 0.0456. The van der Waals surface area contributed by atoms with Crippen molar-refractivity contribution in [2.75, 3.05) is 13.2 Å². The highest BCUT2D eigenvalue weighted by Crippen LogP contribution is 2.42. The van der Waals surface area contributed by atoms with E-state index >= 15 is 0 Å². The SMILES string of the molecule is CC(C)(C)OC(=O)NC1(CO)CC1CO. The first kappa shape index (κ1) is 12.3. The molecule has 0 radical (unpaired) electrons. The van der Waals surface area contributed by atoms with Gasteiger partial charge in [-0.2, -0.15) is 0 Å². The second kappa shape index (κ2) is 3.98. The number of carbonyl (C=O) groups excluding carboxylic acids is 1. The molecule has 0 aliphatic heterocycles. The van der Waals surface area contributed by atoms with Gasteiger partial charge in [0.2, 0.25) is 0 Å². The summed E-state index contributed by atoms with van der Waals surface area (Å²) >= 11 is 0. The minimum absolute atomic E-state index is 0.0314. The molecule has 0 aromatic heterocycles. The zero-order chi connectivity index (χ0) is 11.7. The number of amides is 1. The molecular formula is C10H19NO4. The van der Waals surface area contributed by atoms with Gasteiger partial charge in [-0.05, 0) is 27.2 Å². The quantitative estimate of drug-likeness (QED) is 0.633. The lowest BCUT2D eigenvalue weighted by Gasteiger charge is -2.23. The van der Waals surface area contributed by atoms with Gasteiger partial charge in [-0.25, -0.2) is 4.79 Å². The highest BCUT2D eigenvalue weighted by atomic mass is 16.6. The Bertz CT molecular complexity index is 248. The predicted molar refractivity (Wildman–Crippen MR) is 54.4 cm³/mol. The van der Waals surface area contributed by atoms with Gasteiger partial charge in [0, 0.05) is 12.5 Å². The molecule has 0 aromatic carbocycles. The molecule has 0 aromatic rings. The van der Waals surface area contributed by atoms with Crippen molar-refractivity contribution in [3.8, 4) is 0 Å². The van der Waals surface area contributed by atoms with Crippen LogP contribution in [0.2, 0.25) is 0 Å². The van der Waals surface area contributed by atoms with Crippen LogP contribution >= 0.6 is 0 Å². The first-order chi connectivity index (χ1) is 6.83. The monoisotopic (exact) mass is 217 g/mol. The molecule has 2 unspecified atom stereocenters. The van der Waals surface area contributed by atoms with E-state index in [1.165, 1.54) is 0 Å². The van der Waals surface area contributed by atoms with E-state index in [0.29, 0.717) is 6.42 Å². The molecule has 1 rings (SSSR count). The van der Waals surface area contributed by atoms with Crippen LogP contribution in [0.15, 0.2) is 0 Å². The zero-order valence-electron chi connectivity index (χ0n) is 9.41. The Kier molecular flexibility index (Phi) is 3.25. The van der Waals surface area contributed by atoms with Crippen molar-refractivity contribution in [3.63, 3.8) is 0 Å². The van der Waals surface area contributed by atoms with Crippen LogP contribution in [-0.2, 0) is 4.74 Å². The summed E-state index contributed by atoms with van der Waals surface area (Å²) < 4.78 is 5.07. The minimum atomic E-state index is -0.670. The molecule has 1 amide bonds. The molecule has 1 aliphatic carbocycles. The van der Waals surface area contributed by atoms with Crippen molar-refractivity contribution >= 4 is 6.09 Å². The Morgan fingerprint density at radius 2 is 2.13 bits per heavy atom. The third-order valence-electron chi connectivity index (χ3n) is 2.48. The number of ether oxygens (including phenoxy) is 1. The molecule has 1 fully saturated rings. The molecule has 0 saturated heterocycles. The molecule has 1 saturated carbocycles. The number of hydrogen-bond donors (Lipinski definition) is 3. The fourth-order valence-corrected chi connectivity index (χ4v) is 1.51. The number of carbonyl (C=O) groups is 1. The lowest BCUT2D eigenvalue weighted by Crippen LogP contribution is -2.44. The van der Waals surface area contributed by atoms with E-state index in [9.17, 15) is 4.79 Å². The number of rotatable bonds is 3. The average molecular weight is 217 g/mol. The third kappa shape index (κ3) is 3.07. The third-order valence-corrected chi connectivity index (χ3v) is 2.48. The van der Waals surface area contributed by atoms with Crippen molar-refractivity contribution in [1.82, 2.24) is 5.32 Å². The van der Waals surface area contributed by atoms with Crippen LogP contribution in [0.5, 0.6) is 0 Å². The van der Waals surface area contributed by atoms with Gasteiger partial charge in [0.25, 0.3) is 0 Å². The summed E-state index contributed by atoms with van der Waals surface area (Å²) in [6, 6.07) is 0. The normalized spacial score (nSPS) is 29.8. The van der Waals surface area contributed by atoms with E-state index in [1.807, 2.05) is 0 Å². The number of nitrogens with one attached hydrogen (secondary N) is 1. The van der Waals surface area contributed by atoms with E-state index in [1.54, 1.807) is 20.8 Å². The van der Waals surface area contributed by atoms with Crippen LogP contribution in [0.4, 0.5) is 4.79 Å². The van der Waals surface area contributed by atoms with Gasteiger partial charge in [-0.3, -0.25) is 0 Å². The van der Waals surface area contributed by atoms with Gasteiger partial charge in [0.1, 0.15) is 5.60 Å². The molecule has 5 heteroatoms. The van der Waals surface area contributed by atoms with E-state index in [2.05, 4.69) is 5.32 Å². The first-order valence-electron chi connectivity index (χ1n) is 5.06. The van der Waals surface area contributed by atoms with Crippen molar-refractivity contribution in [2.45, 2.75) is 38.3 Å². The molecule has 0 spiro atoms. The van der Waals surface area contributed by atoms with Crippen LogP contribution < -0.4 is 5.32 Å². The standard InChI is InChI=1S/C10H19NO4/c1-9(2,3)15-8(14)11-10(6-13)4-7(10)5-12/h7,12-13H,4-6H2,1-3H3,(H,11,14). The molecule has 2 atom stereocenters. The number of aliphatic hydroxyl groups is 2. The highest BCUT2D eigenvalue weighted by molar-refractivity contribution is 5.69. The topological polar surface area (TPSA) is 78.8 Å². The maximum Gasteiger partial charge on any atom is 0.408 e. The van der Waals surface area contributed by atoms with Crippen LogP contribution in [0.3, 0.4) is 0 Å². The van der Waals surface area contributed by atoms with E-state index < -0.39 is 17.2 Å². The Morgan fingerprint density at radius 1 is 1.53 bits per heavy atom. The van der Waals surface area contributed by atoms with Crippen molar-refractivity contribution in [3.05, 3.63) is 0 Å². The molecule has 5 nitrogen and oxygen atoms in total. The maximum absolute atomic E-state index is 11.4. The van der Waals surface area contributed by atoms with Crippen molar-refractivity contribution in [2.24, 2.45) is 5.92 Å². The Morgan fingerprint density at radius 3 is 2.47 bits per heavy atom. The Hall–Kier alpha value is -0.810. The second-order valence-electron chi connectivity index (χ2n) is 5.02. The fourth-order valence-electron chi connectivity index (χ4n) is 1.51. The summed E-state index contributed by atoms with van der Waals surface area (Å²) in [5.74, 6) is -0.0602. The molecule has 1 aliphatic rings. The summed E-state index contributed by atoms with van der Waals surface area (Å²) in [6.07, 6.45) is 0.0479. The van der Waals surface area contributed by atoms with Gasteiger partial charge in [0.05, 0.1) is 12.1 Å². The number of hydrogen-bond acceptors (Lipinski definition) is 4. The van der Waals surface area contributed by atoms with Gasteiger partial charge in [0.15, 0.2) is 0 Å². The van der Waals surface area contributed by atoms with Crippen LogP contribution in [0, 0.1) is 5.92 Å². The maximum atomic E-state index is 11.4. The molecular weight excluding hydrogens is 198 g/mol. The fraction of sp³-hybridized carbons (Fsp3) is 0.900. The summed E-state index contributed by atoms with van der Waals surface area (Å²) in [6.45, 7) is 5.12. The van der Waals surface area contributed by atoms with Gasteiger partial charge in [-0.1, -0.05) is 0 Å². The first-order valence-corrected chi connectivity index (χ1v) is 5.06. The second-order valence-corrected chi connectivity index (χ2v) is 5.02. The zero-order valence-corrected chi connectivity index (χ0v) is 9.41. The number of aliphatic hydroxyl groups excluding tert-OH is 2. The largest absolute Gasteiger partial charge is 0.444 e. The lowest BCUT2D eigenvalue weighted by atomic mass is 10.2. The molecule has 0 heterocycles. The molecule has 15 heavy (non-hydrogen) atoms. The predicted octanol–water partition coefficient (Wildman–Crippen LogP) is 0.254. The summed E-state index contributed by atoms with van der Waals surface area (Å²) in [5.41, 5.74) is -1.22. The molecule has 88 valence electrons. The van der Waals surface area contributed by atoms with Crippen LogP contribution in [0.1, 0.15) is 27.2 Å². The van der Waals surface area contributed by atoms with E-state index in [0.717, 1.165) is 0 Å². The summed E-state index contributed by atoms with van der Waals surface area (Å²) in [4.78, 5) is 11.4. The molecule has 0 bridgehead atoms. The average Bonchev–Trinajstić information content (AvgIpc) is 2.76. The van der Waals surface area contributed by atoms with Gasteiger partial charge < -0.3 is 20.3 Å². The Labute approximate surface area is 89.4 Å². The van der Waals surface area contributed by atoms with Crippen LogP contribution in [-0.4, -0.2) is 40.7 Å². The summed E-state index contributed by atoms with van der Waals surface area (Å²) in [7, 11) is 0. The van der Waals surface area contributed by atoms with Crippen molar-refractivity contribution in [1.29, 1.82) is 0 Å². The van der Waals surface area contributed by atoms with Gasteiger partial charge >= 0.3 is 6.09 Å². The van der Waals surface area contributed by atoms with E-state index in [-0.39, 0.29) is 19.1 Å². The smallest absolute Gasteiger partial charge is 0.408 e. The van der Waals surface area contributed by atoms with Gasteiger partial charge in [-0.15, -0.1) is 0 Å². The Balaban J connectivity index is 2.45. The van der Waals surface area contributed by atoms with E-state index in [4.69, 9.17) is 14.9 Å². The van der Waals surface area contributed by atoms with Crippen molar-refractivity contribution < 1.29 is 19.7 Å². The summed E-state index contributed by atoms with van der Waals surface area (Å²) in [5, 5.41) is 20.6.